The van der Waals surface area contributed by atoms with E-state index in [0.717, 1.165) is 0 Å². The van der Waals surface area contributed by atoms with Gasteiger partial charge in [-0.1, -0.05) is 0 Å². The van der Waals surface area contributed by atoms with Crippen molar-refractivity contribution in [2.45, 2.75) is 0 Å². The second kappa shape index (κ2) is 14.4. The van der Waals surface area contributed by atoms with Crippen molar-refractivity contribution < 1.29 is 130 Å². The van der Waals surface area contributed by atoms with E-state index < -0.39 is 18.1 Å². The Kier molecular flexibility index (Phi) is 32.1. The van der Waals surface area contributed by atoms with Crippen LogP contribution in [0.25, 0.3) is 0 Å². The van der Waals surface area contributed by atoms with Gasteiger partial charge >= 0.3 is 152 Å². The summed E-state index contributed by atoms with van der Waals surface area (Å²) in [5, 5.41) is 16.7. The van der Waals surface area contributed by atoms with E-state index in [1.54, 1.807) is 0 Å². The molecule has 0 aromatic carbocycles. The molecule has 0 saturated heterocycles. The summed E-state index contributed by atoms with van der Waals surface area (Å²) < 4.78 is 0. The Morgan fingerprint density at radius 3 is 1.00 bits per heavy atom. The van der Waals surface area contributed by atoms with Crippen LogP contribution in [0.3, 0.4) is 0 Å². The van der Waals surface area contributed by atoms with Crippen molar-refractivity contribution >= 4 is 43.8 Å². The van der Waals surface area contributed by atoms with E-state index in [2.05, 4.69) is 0 Å². The van der Waals surface area contributed by atoms with E-state index in [1.807, 2.05) is 0 Å². The second-order valence-corrected chi connectivity index (χ2v) is 20.2. The average molecular weight is 475 g/mol. The van der Waals surface area contributed by atoms with E-state index in [1.165, 1.54) is 0 Å². The van der Waals surface area contributed by atoms with Gasteiger partial charge in [-0.3, -0.25) is 0 Å². The summed E-state index contributed by atoms with van der Waals surface area (Å²) in [6, 6.07) is 0. The minimum Gasteiger partial charge on any atom is 1.00 e. The molecule has 0 aliphatic rings. The van der Waals surface area contributed by atoms with E-state index in [-0.39, 0.29) is 103 Å². The number of hydrogen-bond acceptors (Lipinski definition) is 3. The van der Waals surface area contributed by atoms with Crippen molar-refractivity contribution in [2.24, 2.45) is 0 Å². The molecule has 3 nitrogen and oxygen atoms in total. The summed E-state index contributed by atoms with van der Waals surface area (Å²) in [5.41, 5.74) is 0. The maximum atomic E-state index is 8.33. The molecular weight excluding hydrogens is 475 g/mol. The summed E-state index contributed by atoms with van der Waals surface area (Å²) in [6.45, 7) is 0. The standard InChI is InChI=1S/CH2O3.4ClH.2K.Pt/c2-1(3)4;;;;;;;/h(H2,2,3,4);4*1H;;;/q;;;;;2*+1;+4/p-6. The Morgan fingerprint density at radius 2 is 1.00 bits per heavy atom. The summed E-state index contributed by atoms with van der Waals surface area (Å²) in [5.74, 6) is 0. The van der Waals surface area contributed by atoms with Crippen LogP contribution in [-0.4, -0.2) is 6.16 Å². The molecule has 0 heterocycles. The average Bonchev–Trinajstić information content (AvgIpc) is 1.19. The smallest absolute Gasteiger partial charge is 1.00 e. The molecule has 0 N–H and O–H groups in total. The second-order valence-electron chi connectivity index (χ2n) is 0.521. The molecule has 0 aromatic heterocycles. The third kappa shape index (κ3) is 115. The molecule has 0 radical (unpaired) electrons. The van der Waals surface area contributed by atoms with Crippen LogP contribution < -0.4 is 113 Å². The predicted octanol–water partition coefficient (Wildman–Crippen LogP) is -5.68. The normalized spacial score (nSPS) is 9.09. The monoisotopic (exact) mass is 473 g/mol. The fraction of sp³-hybridized carbons (Fsp3) is 0. The van der Waals surface area contributed by atoms with Crippen molar-refractivity contribution in [3.63, 3.8) is 0 Å². The Hall–Kier alpha value is 4.39. The number of carbonyl (C=O) groups is 1. The first-order valence-electron chi connectivity index (χ1n) is 1.09. The SMILES string of the molecule is O=C([O-])[O-].[Cl][Pt]([Cl])([Cl])[Cl].[K+].[K+]. The van der Waals surface area contributed by atoms with E-state index in [9.17, 15) is 0 Å². The number of halogens is 4. The maximum absolute atomic E-state index is 8.33. The fourth-order valence-corrected chi connectivity index (χ4v) is 0. The summed E-state index contributed by atoms with van der Waals surface area (Å²) in [6.07, 6.45) is -2.33. The van der Waals surface area contributed by atoms with Crippen molar-refractivity contribution in [1.29, 1.82) is 0 Å². The van der Waals surface area contributed by atoms with E-state index >= 15 is 0 Å². The zero-order valence-electron chi connectivity index (χ0n) is 5.55. The Balaban J connectivity index is -0.0000000383. The van der Waals surface area contributed by atoms with Crippen molar-refractivity contribution in [3.8, 4) is 0 Å². The topological polar surface area (TPSA) is 63.2 Å². The number of carbonyl (C=O) groups excluding carboxylic acids is 1. The molecule has 0 aromatic rings. The number of rotatable bonds is 0. The first-order chi connectivity index (χ1) is 3.73. The first kappa shape index (κ1) is 24.6. The predicted molar refractivity (Wildman–Crippen MR) is 28.8 cm³/mol. The molecule has 0 spiro atoms. The minimum atomic E-state index is -3.06. The molecule has 62 valence electrons. The van der Waals surface area contributed by atoms with Crippen LogP contribution in [0.5, 0.6) is 0 Å². The molecule has 0 rings (SSSR count). The van der Waals surface area contributed by atoms with Crippen molar-refractivity contribution in [1.82, 2.24) is 0 Å². The first-order valence-corrected chi connectivity index (χ1v) is 12.4. The third-order valence-electron chi connectivity index (χ3n) is 0. The zero-order chi connectivity index (χ0) is 8.08. The van der Waals surface area contributed by atoms with Crippen molar-refractivity contribution in [2.75, 3.05) is 0 Å². The molecule has 0 amide bonds. The molecule has 0 fully saturated rings. The van der Waals surface area contributed by atoms with Crippen LogP contribution in [0.2, 0.25) is 0 Å². The van der Waals surface area contributed by atoms with Gasteiger partial charge in [-0.05, 0) is 6.16 Å². The molecule has 0 bridgehead atoms. The maximum Gasteiger partial charge on any atom is 1.00 e. The zero-order valence-corrected chi connectivity index (χ0v) is 17.1. The van der Waals surface area contributed by atoms with Gasteiger partial charge in [-0.2, -0.15) is 0 Å². The van der Waals surface area contributed by atoms with Crippen LogP contribution in [0, 0.1) is 0 Å². The van der Waals surface area contributed by atoms with Gasteiger partial charge in [0.15, 0.2) is 0 Å². The largest absolute Gasteiger partial charge is 1.00 e. The van der Waals surface area contributed by atoms with Gasteiger partial charge in [-0.25, -0.2) is 0 Å². The number of carboxylic acid groups (broad SMARTS) is 2. The van der Waals surface area contributed by atoms with Gasteiger partial charge in [0.25, 0.3) is 0 Å². The molecular formula is CCl4K2O3Pt. The van der Waals surface area contributed by atoms with Crippen LogP contribution in [0.1, 0.15) is 0 Å². The quantitative estimate of drug-likeness (QED) is 0.329. The Bertz CT molecular complexity index is 85.8. The molecule has 0 atom stereocenters. The van der Waals surface area contributed by atoms with Gasteiger partial charge in [-0.15, -0.1) is 0 Å². The molecule has 10 heteroatoms. The Morgan fingerprint density at radius 1 is 1.00 bits per heavy atom. The molecule has 0 aliphatic heterocycles. The van der Waals surface area contributed by atoms with Crippen LogP contribution in [0.15, 0.2) is 0 Å². The van der Waals surface area contributed by atoms with E-state index in [4.69, 9.17) is 52.7 Å². The molecule has 11 heavy (non-hydrogen) atoms. The third-order valence-corrected chi connectivity index (χ3v) is 0. The summed E-state index contributed by atoms with van der Waals surface area (Å²) in [7, 11) is 20.0. The van der Waals surface area contributed by atoms with Crippen LogP contribution >= 0.6 is 37.7 Å². The minimum absolute atomic E-state index is 0. The van der Waals surface area contributed by atoms with Crippen LogP contribution in [0.4, 0.5) is 4.79 Å². The van der Waals surface area contributed by atoms with Gasteiger partial charge in [0, 0.05) is 0 Å². The van der Waals surface area contributed by atoms with Crippen LogP contribution in [-0.2, 0) is 11.9 Å². The number of hydrogen-bond donors (Lipinski definition) is 0. The molecule has 0 aliphatic carbocycles. The van der Waals surface area contributed by atoms with Gasteiger partial charge < -0.3 is 15.0 Å². The molecule has 0 saturated carbocycles. The van der Waals surface area contributed by atoms with E-state index in [0.29, 0.717) is 0 Å². The van der Waals surface area contributed by atoms with Gasteiger partial charge in [0.1, 0.15) is 0 Å². The molecule has 0 unspecified atom stereocenters. The Labute approximate surface area is 168 Å². The summed E-state index contributed by atoms with van der Waals surface area (Å²) >= 11 is -3.06. The summed E-state index contributed by atoms with van der Waals surface area (Å²) in [4.78, 5) is 8.33. The fourth-order valence-electron chi connectivity index (χ4n) is 0. The van der Waals surface area contributed by atoms with Gasteiger partial charge in [0.2, 0.25) is 0 Å². The van der Waals surface area contributed by atoms with Gasteiger partial charge in [0.05, 0.1) is 0 Å². The van der Waals surface area contributed by atoms with Crippen molar-refractivity contribution in [3.05, 3.63) is 0 Å².